The Hall–Kier alpha value is -6.28. The van der Waals surface area contributed by atoms with Crippen molar-refractivity contribution in [2.75, 3.05) is 119 Å². The number of aromatic nitrogens is 2. The normalized spacial score (nSPS) is 11.5. The molecule has 0 spiro atoms. The first-order valence-corrected chi connectivity index (χ1v) is 28.7. The Morgan fingerprint density at radius 2 is 0.598 bits per heavy atom. The van der Waals surface area contributed by atoms with Crippen molar-refractivity contribution in [3.8, 4) is 33.8 Å². The second kappa shape index (κ2) is 37.7. The van der Waals surface area contributed by atoms with Crippen molar-refractivity contribution in [2.24, 2.45) is 0 Å². The molecule has 16 heteroatoms. The van der Waals surface area contributed by atoms with Crippen LogP contribution in [0.4, 0.5) is 0 Å². The molecule has 5 aromatic carbocycles. The van der Waals surface area contributed by atoms with Crippen molar-refractivity contribution in [2.45, 2.75) is 79.8 Å². The van der Waals surface area contributed by atoms with Gasteiger partial charge in [0, 0.05) is 25.0 Å². The van der Waals surface area contributed by atoms with E-state index in [0.717, 1.165) is 93.5 Å². The van der Waals surface area contributed by atoms with Gasteiger partial charge in [0.2, 0.25) is 0 Å². The summed E-state index contributed by atoms with van der Waals surface area (Å²) < 4.78 is 80.1. The monoisotopic (exact) mass is 1130 g/mol. The number of hydrogen-bond acceptors (Lipinski definition) is 16. The van der Waals surface area contributed by atoms with Crippen LogP contribution in [0.25, 0.3) is 22.3 Å². The number of nitrogens with zero attached hydrogens (tertiary/aromatic N) is 2. The van der Waals surface area contributed by atoms with Crippen LogP contribution in [0.1, 0.15) is 69.1 Å². The molecule has 2 heterocycles. The molecule has 7 rings (SSSR count). The van der Waals surface area contributed by atoms with Crippen molar-refractivity contribution in [1.82, 2.24) is 10.3 Å². The zero-order valence-electron chi connectivity index (χ0n) is 48.5. The fraction of sp³-hybridized carbons (Fsp3) is 0.455. The zero-order valence-corrected chi connectivity index (χ0v) is 48.5. The lowest BCUT2D eigenvalue weighted by molar-refractivity contribution is -0.0142. The number of aryl methyl sites for hydroxylation is 6. The molecule has 0 aliphatic carbocycles. The van der Waals surface area contributed by atoms with Gasteiger partial charge in [-0.3, -0.25) is 0 Å². The van der Waals surface area contributed by atoms with Crippen LogP contribution >= 0.6 is 0 Å². The van der Waals surface area contributed by atoms with Crippen molar-refractivity contribution in [1.29, 1.82) is 0 Å². The first kappa shape index (κ1) is 63.3. The molecule has 0 amide bonds. The van der Waals surface area contributed by atoms with Gasteiger partial charge in [0.1, 0.15) is 34.4 Å². The molecular weight excluding hydrogens is 1040 g/mol. The standard InChI is InChI=1S/C66H84N2O14/c1-51-41-59(57-13-7-5-8-14-57)42-52(2)65(51)79-23-11-17-63-45-61(67-81-63)49-77-39-35-73-31-27-69-25-29-71-33-37-75-47-55-19-21-56(22-20-55)48-76-38-34-72-30-26-70-28-32-74-36-40-78-50-62-46-64(82-68-62)18-12-24-80-66-53(3)43-60(44-54(66)4)58-15-9-6-10-16-58/h5-10,13-16,19-22,41-46H,11-12,17-18,23-40,47-50H2,1-4H3. The molecule has 16 nitrogen and oxygen atoms in total. The summed E-state index contributed by atoms with van der Waals surface area (Å²) in [6.45, 7) is 19.0. The van der Waals surface area contributed by atoms with E-state index < -0.39 is 0 Å². The molecule has 0 radical (unpaired) electrons. The SMILES string of the molecule is Cc1cc(-c2ccccc2)cc(C)c1OCCCc1cc(COCCOCCOCCOCCOCc2ccc(COCCOCCOCCOCCOCc3cc(CCCOc4c(C)cc(-c5ccccc5)cc4C)on3)cc2)no1. The van der Waals surface area contributed by atoms with Gasteiger partial charge >= 0.3 is 0 Å². The van der Waals surface area contributed by atoms with Gasteiger partial charge in [-0.05, 0) is 120 Å². The molecule has 0 bridgehead atoms. The second-order valence-electron chi connectivity index (χ2n) is 19.8. The topological polar surface area (TPSA) is 163 Å². The average Bonchev–Trinajstić information content (AvgIpc) is 4.18. The zero-order chi connectivity index (χ0) is 57.1. The predicted octanol–water partition coefficient (Wildman–Crippen LogP) is 11.8. The lowest BCUT2D eigenvalue weighted by Gasteiger charge is -2.14. The van der Waals surface area contributed by atoms with E-state index in [1.807, 2.05) is 24.3 Å². The van der Waals surface area contributed by atoms with Crippen LogP contribution in [-0.4, -0.2) is 129 Å². The Kier molecular flexibility index (Phi) is 29.1. The maximum absolute atomic E-state index is 6.17. The lowest BCUT2D eigenvalue weighted by atomic mass is 10.00. The molecule has 442 valence electrons. The maximum Gasteiger partial charge on any atom is 0.137 e. The van der Waals surface area contributed by atoms with Crippen molar-refractivity contribution >= 4 is 0 Å². The molecule has 2 aromatic heterocycles. The van der Waals surface area contributed by atoms with Gasteiger partial charge in [-0.2, -0.15) is 0 Å². The van der Waals surface area contributed by atoms with Crippen LogP contribution in [0.2, 0.25) is 0 Å². The lowest BCUT2D eigenvalue weighted by Crippen LogP contribution is -2.13. The summed E-state index contributed by atoms with van der Waals surface area (Å²) >= 11 is 0. The van der Waals surface area contributed by atoms with Gasteiger partial charge in [-0.25, -0.2) is 0 Å². The number of rotatable bonds is 44. The first-order chi connectivity index (χ1) is 40.4. The van der Waals surface area contributed by atoms with E-state index >= 15 is 0 Å². The van der Waals surface area contributed by atoms with Crippen LogP contribution < -0.4 is 9.47 Å². The molecule has 0 atom stereocenters. The fourth-order valence-corrected chi connectivity index (χ4v) is 8.90. The minimum atomic E-state index is 0.366. The van der Waals surface area contributed by atoms with Gasteiger partial charge in [0.05, 0.1) is 145 Å². The minimum Gasteiger partial charge on any atom is -0.493 e. The van der Waals surface area contributed by atoms with Crippen LogP contribution in [-0.2, 0) is 86.6 Å². The van der Waals surface area contributed by atoms with E-state index in [0.29, 0.717) is 145 Å². The van der Waals surface area contributed by atoms with Gasteiger partial charge in [0.25, 0.3) is 0 Å². The highest BCUT2D eigenvalue weighted by molar-refractivity contribution is 5.68. The summed E-state index contributed by atoms with van der Waals surface area (Å²) in [4.78, 5) is 0. The molecule has 0 aliphatic heterocycles. The summed E-state index contributed by atoms with van der Waals surface area (Å²) in [6.07, 6.45) is 3.11. The van der Waals surface area contributed by atoms with Crippen molar-refractivity contribution in [3.63, 3.8) is 0 Å². The molecule has 0 N–H and O–H groups in total. The quantitative estimate of drug-likeness (QED) is 0.0331. The molecule has 0 fully saturated rings. The van der Waals surface area contributed by atoms with Crippen LogP contribution in [0.5, 0.6) is 11.5 Å². The second-order valence-corrected chi connectivity index (χ2v) is 19.8. The summed E-state index contributed by atoms with van der Waals surface area (Å²) in [5, 5.41) is 8.28. The van der Waals surface area contributed by atoms with Gasteiger partial charge < -0.3 is 65.9 Å². The summed E-state index contributed by atoms with van der Waals surface area (Å²) in [7, 11) is 0. The Balaban J connectivity index is 0.569. The molecule has 7 aromatic rings. The molecular formula is C66H84N2O14. The Morgan fingerprint density at radius 1 is 0.305 bits per heavy atom. The third-order valence-electron chi connectivity index (χ3n) is 13.0. The molecule has 0 aliphatic rings. The van der Waals surface area contributed by atoms with Crippen molar-refractivity contribution < 1.29 is 65.9 Å². The van der Waals surface area contributed by atoms with Gasteiger partial charge in [-0.15, -0.1) is 0 Å². The molecule has 0 unspecified atom stereocenters. The number of ether oxygens (including phenoxy) is 12. The van der Waals surface area contributed by atoms with Crippen molar-refractivity contribution in [3.05, 3.63) is 178 Å². The van der Waals surface area contributed by atoms with E-state index in [9.17, 15) is 0 Å². The highest BCUT2D eigenvalue weighted by Crippen LogP contribution is 2.32. The first-order valence-electron chi connectivity index (χ1n) is 28.7. The fourth-order valence-electron chi connectivity index (χ4n) is 8.90. The third kappa shape index (κ3) is 23.9. The minimum absolute atomic E-state index is 0.366. The van der Waals surface area contributed by atoms with Crippen LogP contribution in [0.15, 0.2) is 130 Å². The number of benzene rings is 5. The predicted molar refractivity (Wildman–Crippen MR) is 313 cm³/mol. The third-order valence-corrected chi connectivity index (χ3v) is 13.0. The Bertz CT molecular complexity index is 2570. The molecule has 0 saturated heterocycles. The van der Waals surface area contributed by atoms with Crippen LogP contribution in [0.3, 0.4) is 0 Å². The summed E-state index contributed by atoms with van der Waals surface area (Å²) in [5.74, 6) is 3.53. The highest BCUT2D eigenvalue weighted by atomic mass is 16.6. The summed E-state index contributed by atoms with van der Waals surface area (Å²) in [5.41, 5.74) is 13.0. The van der Waals surface area contributed by atoms with E-state index in [2.05, 4.69) is 135 Å². The van der Waals surface area contributed by atoms with E-state index in [4.69, 9.17) is 65.9 Å². The number of hydrogen-bond donors (Lipinski definition) is 0. The maximum atomic E-state index is 6.17. The van der Waals surface area contributed by atoms with E-state index in [-0.39, 0.29) is 0 Å². The van der Waals surface area contributed by atoms with E-state index in [1.54, 1.807) is 0 Å². The Labute approximate surface area is 484 Å². The highest BCUT2D eigenvalue weighted by Gasteiger charge is 2.12. The molecule has 82 heavy (non-hydrogen) atoms. The average molecular weight is 1130 g/mol. The van der Waals surface area contributed by atoms with Gasteiger partial charge in [-0.1, -0.05) is 95.2 Å². The van der Waals surface area contributed by atoms with E-state index in [1.165, 1.54) is 22.3 Å². The summed E-state index contributed by atoms with van der Waals surface area (Å²) in [6, 6.07) is 41.6. The smallest absolute Gasteiger partial charge is 0.137 e. The molecule has 0 saturated carbocycles. The van der Waals surface area contributed by atoms with Crippen LogP contribution in [0, 0.1) is 27.7 Å². The van der Waals surface area contributed by atoms with Gasteiger partial charge in [0.15, 0.2) is 0 Å². The largest absolute Gasteiger partial charge is 0.493 e. The Morgan fingerprint density at radius 3 is 0.915 bits per heavy atom.